The van der Waals surface area contributed by atoms with Crippen molar-refractivity contribution in [3.63, 3.8) is 0 Å². The normalized spacial score (nSPS) is 19.6. The third kappa shape index (κ3) is 3.31. The number of nitrogens with one attached hydrogen (secondary N) is 1. The number of hydrogen-bond acceptors (Lipinski definition) is 5. The van der Waals surface area contributed by atoms with Crippen LogP contribution in [0.3, 0.4) is 0 Å². The first-order chi connectivity index (χ1) is 9.65. The lowest BCUT2D eigenvalue weighted by Crippen LogP contribution is -2.45. The SMILES string of the molecule is COCCNCc1c(C)nn(C)c1N1CCOCC1C. The van der Waals surface area contributed by atoms with Crippen LogP contribution in [-0.2, 0) is 23.1 Å². The summed E-state index contributed by atoms with van der Waals surface area (Å²) in [5.74, 6) is 1.21. The fourth-order valence-electron chi connectivity index (χ4n) is 2.69. The molecule has 0 spiro atoms. The highest BCUT2D eigenvalue weighted by atomic mass is 16.5. The highest BCUT2D eigenvalue weighted by molar-refractivity contribution is 5.51. The molecule has 2 rings (SSSR count). The van der Waals surface area contributed by atoms with Gasteiger partial charge in [0, 0.05) is 39.4 Å². The van der Waals surface area contributed by atoms with Gasteiger partial charge in [-0.05, 0) is 13.8 Å². The quantitative estimate of drug-likeness (QED) is 0.778. The Morgan fingerprint density at radius 3 is 3.00 bits per heavy atom. The number of rotatable bonds is 6. The van der Waals surface area contributed by atoms with Crippen molar-refractivity contribution in [1.82, 2.24) is 15.1 Å². The summed E-state index contributed by atoms with van der Waals surface area (Å²) in [4.78, 5) is 2.40. The molecule has 2 heterocycles. The Bertz CT molecular complexity index is 433. The van der Waals surface area contributed by atoms with Gasteiger partial charge in [0.05, 0.1) is 31.6 Å². The van der Waals surface area contributed by atoms with Crippen molar-refractivity contribution >= 4 is 5.82 Å². The van der Waals surface area contributed by atoms with Crippen LogP contribution in [0.25, 0.3) is 0 Å². The Hall–Kier alpha value is -1.11. The minimum Gasteiger partial charge on any atom is -0.383 e. The molecule has 0 bridgehead atoms. The zero-order valence-electron chi connectivity index (χ0n) is 13.0. The van der Waals surface area contributed by atoms with Crippen molar-refractivity contribution in [3.8, 4) is 0 Å². The summed E-state index contributed by atoms with van der Waals surface area (Å²) in [6.45, 7) is 9.15. The van der Waals surface area contributed by atoms with E-state index < -0.39 is 0 Å². The lowest BCUT2D eigenvalue weighted by Gasteiger charge is -2.35. The van der Waals surface area contributed by atoms with Gasteiger partial charge in [-0.3, -0.25) is 4.68 Å². The van der Waals surface area contributed by atoms with Gasteiger partial charge < -0.3 is 19.7 Å². The molecule has 1 fully saturated rings. The molecule has 1 saturated heterocycles. The summed E-state index contributed by atoms with van der Waals surface area (Å²) in [6.07, 6.45) is 0. The molecule has 0 aromatic carbocycles. The lowest BCUT2D eigenvalue weighted by molar-refractivity contribution is 0.0980. The number of ether oxygens (including phenoxy) is 2. The van der Waals surface area contributed by atoms with Crippen LogP contribution < -0.4 is 10.2 Å². The van der Waals surface area contributed by atoms with Crippen LogP contribution in [0.5, 0.6) is 0 Å². The van der Waals surface area contributed by atoms with E-state index in [1.165, 1.54) is 11.4 Å². The highest BCUT2D eigenvalue weighted by Gasteiger charge is 2.25. The number of hydrogen-bond donors (Lipinski definition) is 1. The second-order valence-electron chi connectivity index (χ2n) is 5.30. The topological polar surface area (TPSA) is 51.5 Å². The monoisotopic (exact) mass is 282 g/mol. The Morgan fingerprint density at radius 1 is 1.50 bits per heavy atom. The molecule has 1 atom stereocenters. The number of methoxy groups -OCH3 is 1. The van der Waals surface area contributed by atoms with Gasteiger partial charge in [-0.1, -0.05) is 0 Å². The number of aryl methyl sites for hydroxylation is 2. The number of morpholine rings is 1. The van der Waals surface area contributed by atoms with Crippen LogP contribution in [0.15, 0.2) is 0 Å². The maximum absolute atomic E-state index is 5.53. The molecule has 0 aliphatic carbocycles. The van der Waals surface area contributed by atoms with Gasteiger partial charge in [0.2, 0.25) is 0 Å². The fraction of sp³-hybridized carbons (Fsp3) is 0.786. The van der Waals surface area contributed by atoms with Gasteiger partial charge >= 0.3 is 0 Å². The van der Waals surface area contributed by atoms with E-state index in [9.17, 15) is 0 Å². The van der Waals surface area contributed by atoms with Crippen molar-refractivity contribution in [3.05, 3.63) is 11.3 Å². The van der Waals surface area contributed by atoms with E-state index in [0.29, 0.717) is 6.04 Å². The molecular formula is C14H26N4O2. The van der Waals surface area contributed by atoms with Crippen LogP contribution in [0.1, 0.15) is 18.2 Å². The Labute approximate surface area is 121 Å². The molecule has 6 heteroatoms. The summed E-state index contributed by atoms with van der Waals surface area (Å²) in [6, 6.07) is 0.385. The first-order valence-corrected chi connectivity index (χ1v) is 7.21. The second kappa shape index (κ2) is 7.06. The Morgan fingerprint density at radius 2 is 2.30 bits per heavy atom. The molecule has 1 unspecified atom stereocenters. The average molecular weight is 282 g/mol. The molecule has 1 aromatic rings. The van der Waals surface area contributed by atoms with Crippen molar-refractivity contribution < 1.29 is 9.47 Å². The van der Waals surface area contributed by atoms with Crippen LogP contribution >= 0.6 is 0 Å². The predicted octanol–water partition coefficient (Wildman–Crippen LogP) is 0.690. The molecule has 6 nitrogen and oxygen atoms in total. The number of aromatic nitrogens is 2. The minimum atomic E-state index is 0.385. The van der Waals surface area contributed by atoms with Crippen molar-refractivity contribution in [1.29, 1.82) is 0 Å². The molecule has 1 aliphatic heterocycles. The van der Waals surface area contributed by atoms with E-state index >= 15 is 0 Å². The maximum atomic E-state index is 5.53. The summed E-state index contributed by atoms with van der Waals surface area (Å²) in [5.41, 5.74) is 2.36. The van der Waals surface area contributed by atoms with E-state index in [1.807, 2.05) is 11.7 Å². The van der Waals surface area contributed by atoms with Gasteiger partial charge in [0.25, 0.3) is 0 Å². The molecule has 0 amide bonds. The standard InChI is InChI=1S/C14H26N4O2/c1-11-10-20-8-6-18(11)14-13(9-15-5-7-19-4)12(2)16-17(14)3/h11,15H,5-10H2,1-4H3. The van der Waals surface area contributed by atoms with Crippen molar-refractivity contribution in [2.24, 2.45) is 7.05 Å². The van der Waals surface area contributed by atoms with Gasteiger partial charge in [0.1, 0.15) is 5.82 Å². The van der Waals surface area contributed by atoms with E-state index in [2.05, 4.69) is 29.2 Å². The Balaban J connectivity index is 2.14. The third-order valence-corrected chi connectivity index (χ3v) is 3.74. The lowest BCUT2D eigenvalue weighted by atomic mass is 10.2. The molecule has 1 aliphatic rings. The summed E-state index contributed by atoms with van der Waals surface area (Å²) < 4.78 is 12.6. The highest BCUT2D eigenvalue weighted by Crippen LogP contribution is 2.26. The van der Waals surface area contributed by atoms with E-state index in [1.54, 1.807) is 7.11 Å². The average Bonchev–Trinajstić information content (AvgIpc) is 2.70. The van der Waals surface area contributed by atoms with E-state index in [4.69, 9.17) is 9.47 Å². The first kappa shape index (κ1) is 15.3. The molecule has 0 saturated carbocycles. The second-order valence-corrected chi connectivity index (χ2v) is 5.30. The van der Waals surface area contributed by atoms with Gasteiger partial charge in [-0.15, -0.1) is 0 Å². The zero-order chi connectivity index (χ0) is 14.5. The molecule has 1 aromatic heterocycles. The van der Waals surface area contributed by atoms with Crippen LogP contribution in [-0.4, -0.2) is 55.8 Å². The maximum Gasteiger partial charge on any atom is 0.131 e. The minimum absolute atomic E-state index is 0.385. The molecular weight excluding hydrogens is 256 g/mol. The van der Waals surface area contributed by atoms with Gasteiger partial charge in [-0.2, -0.15) is 5.10 Å². The van der Waals surface area contributed by atoms with Crippen LogP contribution in [0.2, 0.25) is 0 Å². The van der Waals surface area contributed by atoms with Crippen LogP contribution in [0, 0.1) is 6.92 Å². The van der Waals surface area contributed by atoms with E-state index in [0.717, 1.165) is 45.1 Å². The number of anilines is 1. The molecule has 114 valence electrons. The van der Waals surface area contributed by atoms with Crippen molar-refractivity contribution in [2.45, 2.75) is 26.4 Å². The summed E-state index contributed by atoms with van der Waals surface area (Å²) in [7, 11) is 3.74. The smallest absolute Gasteiger partial charge is 0.131 e. The molecule has 0 radical (unpaired) electrons. The van der Waals surface area contributed by atoms with Gasteiger partial charge in [-0.25, -0.2) is 0 Å². The largest absolute Gasteiger partial charge is 0.383 e. The van der Waals surface area contributed by atoms with Crippen molar-refractivity contribution in [2.75, 3.05) is 44.9 Å². The third-order valence-electron chi connectivity index (χ3n) is 3.74. The number of nitrogens with zero attached hydrogens (tertiary/aromatic N) is 3. The predicted molar refractivity (Wildman–Crippen MR) is 79.2 cm³/mol. The molecule has 20 heavy (non-hydrogen) atoms. The summed E-state index contributed by atoms with van der Waals surface area (Å²) >= 11 is 0. The fourth-order valence-corrected chi connectivity index (χ4v) is 2.69. The van der Waals surface area contributed by atoms with Crippen LogP contribution in [0.4, 0.5) is 5.82 Å². The first-order valence-electron chi connectivity index (χ1n) is 7.21. The summed E-state index contributed by atoms with van der Waals surface area (Å²) in [5, 5.41) is 8.00. The molecule has 1 N–H and O–H groups in total. The van der Waals surface area contributed by atoms with E-state index in [-0.39, 0.29) is 0 Å². The zero-order valence-corrected chi connectivity index (χ0v) is 13.0. The Kier molecular flexibility index (Phi) is 5.39. The van der Waals surface area contributed by atoms with Gasteiger partial charge in [0.15, 0.2) is 0 Å².